The Morgan fingerprint density at radius 2 is 1.82 bits per heavy atom. The second-order valence-electron chi connectivity index (χ2n) is 9.94. The number of piperidine rings is 1. The van der Waals surface area contributed by atoms with Gasteiger partial charge < -0.3 is 35.0 Å². The van der Waals surface area contributed by atoms with E-state index in [1.165, 1.54) is 19.1 Å². The maximum absolute atomic E-state index is 11.4. The zero-order valence-corrected chi connectivity index (χ0v) is 22.1. The molecule has 2 aromatic carbocycles. The maximum atomic E-state index is 11.4. The van der Waals surface area contributed by atoms with Crippen LogP contribution >= 0.6 is 11.6 Å². The van der Waals surface area contributed by atoms with Gasteiger partial charge in [-0.3, -0.25) is 4.79 Å². The second-order valence-corrected chi connectivity index (χ2v) is 10.4. The molecule has 0 saturated carbocycles. The third-order valence-corrected chi connectivity index (χ3v) is 6.49. The highest BCUT2D eigenvalue weighted by Crippen LogP contribution is 2.42. The molecule has 0 unspecified atom stereocenters. The number of halogens is 4. The molecule has 0 aromatic heterocycles. The van der Waals surface area contributed by atoms with Crippen molar-refractivity contribution in [2.45, 2.75) is 50.5 Å². The number of phenols is 1. The Bertz CT molecular complexity index is 1200. The number of nitrogens with zero attached hydrogens (tertiary/aromatic N) is 1. The van der Waals surface area contributed by atoms with Gasteiger partial charge in [0, 0.05) is 56.9 Å². The molecular weight excluding hydrogens is 545 g/mol. The van der Waals surface area contributed by atoms with Crippen molar-refractivity contribution in [3.63, 3.8) is 0 Å². The monoisotopic (exact) mass is 574 g/mol. The van der Waals surface area contributed by atoms with Crippen LogP contribution in [-0.2, 0) is 16.0 Å². The molecule has 39 heavy (non-hydrogen) atoms. The number of hydrogen-bond acceptors (Lipinski definition) is 7. The lowest BCUT2D eigenvalue weighted by Gasteiger charge is -2.41. The first kappa shape index (κ1) is 30.3. The number of nitrogens with one attached hydrogen (secondary N) is 1. The number of benzene rings is 2. The van der Waals surface area contributed by atoms with Crippen LogP contribution in [0.4, 0.5) is 18.9 Å². The van der Waals surface area contributed by atoms with Crippen LogP contribution in [0, 0.1) is 0 Å². The summed E-state index contributed by atoms with van der Waals surface area (Å²) >= 11 is 6.13. The number of β-amino-alcohol motifs (C(OH)–C–C–N with tert-alkyl or cyclic N) is 1. The van der Waals surface area contributed by atoms with Gasteiger partial charge in [0.25, 0.3) is 0 Å². The lowest BCUT2D eigenvalue weighted by molar-refractivity contribution is -0.192. The number of phenolic OH excluding ortho intramolecular Hbond substituents is 1. The van der Waals surface area contributed by atoms with E-state index in [2.05, 4.69) is 10.2 Å². The molecule has 0 radical (unpaired) electrons. The number of carbonyl (C=O) groups is 2. The van der Waals surface area contributed by atoms with Gasteiger partial charge in [0.1, 0.15) is 35.1 Å². The predicted octanol–water partition coefficient (Wildman–Crippen LogP) is 4.24. The van der Waals surface area contributed by atoms with E-state index in [0.717, 1.165) is 48.7 Å². The molecule has 2 heterocycles. The van der Waals surface area contributed by atoms with Crippen LogP contribution in [0.2, 0.25) is 5.02 Å². The molecule has 1 amide bonds. The zero-order valence-electron chi connectivity index (χ0n) is 21.3. The molecular formula is C26H30ClF3N2O7. The minimum Gasteiger partial charge on any atom is -0.508 e. The molecule has 0 aliphatic carbocycles. The molecule has 1 saturated heterocycles. The van der Waals surface area contributed by atoms with Gasteiger partial charge >= 0.3 is 12.1 Å². The number of aliphatic hydroxyl groups is 1. The van der Waals surface area contributed by atoms with E-state index >= 15 is 0 Å². The number of alkyl halides is 3. The van der Waals surface area contributed by atoms with Gasteiger partial charge in [0.05, 0.1) is 5.69 Å². The number of rotatable bonds is 6. The van der Waals surface area contributed by atoms with E-state index in [0.29, 0.717) is 18.0 Å². The summed E-state index contributed by atoms with van der Waals surface area (Å²) in [5, 5.41) is 31.2. The molecule has 9 nitrogen and oxygen atoms in total. The maximum Gasteiger partial charge on any atom is 0.490 e. The van der Waals surface area contributed by atoms with Crippen LogP contribution in [0.25, 0.3) is 0 Å². The fourth-order valence-electron chi connectivity index (χ4n) is 4.48. The fourth-order valence-corrected chi connectivity index (χ4v) is 4.68. The summed E-state index contributed by atoms with van der Waals surface area (Å²) in [6, 6.07) is 10.2. The van der Waals surface area contributed by atoms with Crippen molar-refractivity contribution in [3.05, 3.63) is 47.0 Å². The van der Waals surface area contributed by atoms with Crippen LogP contribution < -0.4 is 14.8 Å². The number of carboxylic acids is 1. The Balaban J connectivity index is 0.000000532. The van der Waals surface area contributed by atoms with Crippen molar-refractivity contribution in [3.8, 4) is 17.2 Å². The van der Waals surface area contributed by atoms with E-state index in [1.54, 1.807) is 13.0 Å². The second kappa shape index (κ2) is 11.9. The van der Waals surface area contributed by atoms with Gasteiger partial charge in [-0.15, -0.1) is 0 Å². The molecule has 2 aliphatic heterocycles. The Hall–Kier alpha value is -3.22. The third kappa shape index (κ3) is 8.64. The number of aliphatic carboxylic acids is 1. The van der Waals surface area contributed by atoms with E-state index < -0.39 is 17.7 Å². The summed E-state index contributed by atoms with van der Waals surface area (Å²) in [4.78, 5) is 22.5. The number of carboxylic acid groups (broad SMARTS) is 1. The van der Waals surface area contributed by atoms with Crippen LogP contribution in [0.3, 0.4) is 0 Å². The molecule has 2 aromatic rings. The third-order valence-electron chi connectivity index (χ3n) is 6.25. The average molecular weight is 575 g/mol. The molecule has 4 N–H and O–H groups in total. The summed E-state index contributed by atoms with van der Waals surface area (Å²) < 4.78 is 43.8. The first-order chi connectivity index (χ1) is 18.1. The number of fused-ring (bicyclic) bond motifs is 1. The highest BCUT2D eigenvalue weighted by atomic mass is 35.5. The predicted molar refractivity (Wildman–Crippen MR) is 136 cm³/mol. The smallest absolute Gasteiger partial charge is 0.490 e. The quantitative estimate of drug-likeness (QED) is 0.377. The minimum atomic E-state index is -5.08. The lowest BCUT2D eigenvalue weighted by Crippen LogP contribution is -2.52. The van der Waals surface area contributed by atoms with Gasteiger partial charge in [-0.2, -0.15) is 13.2 Å². The van der Waals surface area contributed by atoms with E-state index in [1.807, 2.05) is 18.2 Å². The Kier molecular flexibility index (Phi) is 9.24. The molecule has 4 rings (SSSR count). The van der Waals surface area contributed by atoms with Crippen LogP contribution in [-0.4, -0.2) is 75.7 Å². The normalized spacial score (nSPS) is 17.7. The summed E-state index contributed by atoms with van der Waals surface area (Å²) in [5.74, 6) is -1.74. The van der Waals surface area contributed by atoms with Crippen molar-refractivity contribution >= 4 is 29.2 Å². The summed E-state index contributed by atoms with van der Waals surface area (Å²) in [5.41, 5.74) is 0.300. The van der Waals surface area contributed by atoms with E-state index in [9.17, 15) is 28.2 Å². The molecule has 13 heteroatoms. The number of aromatic hydroxyl groups is 1. The van der Waals surface area contributed by atoms with Crippen molar-refractivity contribution in [1.29, 1.82) is 0 Å². The van der Waals surface area contributed by atoms with Crippen molar-refractivity contribution in [2.24, 2.45) is 0 Å². The number of likely N-dealkylation sites (tertiary alicyclic amines) is 1. The topological polar surface area (TPSA) is 129 Å². The van der Waals surface area contributed by atoms with Crippen LogP contribution in [0.1, 0.15) is 32.3 Å². The average Bonchev–Trinajstić information content (AvgIpc) is 3.17. The van der Waals surface area contributed by atoms with E-state index in [-0.39, 0.29) is 23.9 Å². The summed E-state index contributed by atoms with van der Waals surface area (Å²) in [6.07, 6.45) is -2.48. The number of anilines is 1. The molecule has 1 atom stereocenters. The number of carbonyl (C=O) groups excluding carboxylic acids is 1. The highest BCUT2D eigenvalue weighted by Gasteiger charge is 2.43. The van der Waals surface area contributed by atoms with Crippen LogP contribution in [0.15, 0.2) is 36.4 Å². The lowest BCUT2D eigenvalue weighted by atomic mass is 9.86. The number of amides is 1. The fraction of sp³-hybridized carbons (Fsp3) is 0.462. The van der Waals surface area contributed by atoms with Crippen molar-refractivity contribution in [1.82, 2.24) is 4.90 Å². The van der Waals surface area contributed by atoms with Gasteiger partial charge in [0.2, 0.25) is 5.91 Å². The molecule has 214 valence electrons. The molecule has 1 fully saturated rings. The number of ether oxygens (including phenoxy) is 2. The Labute approximate surface area is 228 Å². The van der Waals surface area contributed by atoms with Gasteiger partial charge in [-0.05, 0) is 42.8 Å². The van der Waals surface area contributed by atoms with E-state index in [4.69, 9.17) is 31.0 Å². The highest BCUT2D eigenvalue weighted by molar-refractivity contribution is 6.30. The van der Waals surface area contributed by atoms with Crippen LogP contribution in [0.5, 0.6) is 17.2 Å². The summed E-state index contributed by atoms with van der Waals surface area (Å²) in [7, 11) is 0. The largest absolute Gasteiger partial charge is 0.508 e. The van der Waals surface area contributed by atoms with Gasteiger partial charge in [-0.1, -0.05) is 11.6 Å². The number of hydrogen-bond donors (Lipinski definition) is 4. The molecule has 0 bridgehead atoms. The summed E-state index contributed by atoms with van der Waals surface area (Å²) in [6.45, 7) is 5.20. The van der Waals surface area contributed by atoms with Gasteiger partial charge in [0.15, 0.2) is 0 Å². The zero-order chi connectivity index (χ0) is 29.0. The minimum absolute atomic E-state index is 0.0190. The Morgan fingerprint density at radius 1 is 1.18 bits per heavy atom. The first-order valence-corrected chi connectivity index (χ1v) is 12.4. The van der Waals surface area contributed by atoms with Crippen molar-refractivity contribution in [2.75, 3.05) is 31.6 Å². The van der Waals surface area contributed by atoms with Crippen molar-refractivity contribution < 1.29 is 47.6 Å². The van der Waals surface area contributed by atoms with Gasteiger partial charge in [-0.25, -0.2) is 4.79 Å². The Morgan fingerprint density at radius 3 is 2.41 bits per heavy atom. The SMILES string of the molecule is CC(=O)Nc1ccc(O)cc1OC[C@](C)(O)CN1CCC2(CC1)Cc1cc(Cl)ccc1O2.O=C(O)C(F)(F)F. The standard InChI is InChI=1S/C24H29ClN2O5.C2HF3O2/c1-16(28)26-20-5-4-19(29)12-22(20)31-15-23(2,30)14-27-9-7-24(8-10-27)13-17-11-18(25)3-6-21(17)32-24;3-2(4,5)1(6)7/h3-6,11-12,29-30H,7-10,13-15H2,1-2H3,(H,26,28);(H,6,7)/t23-;/m1./s1. The molecule has 2 aliphatic rings. The first-order valence-electron chi connectivity index (χ1n) is 12.0. The molecule has 1 spiro atoms.